The number of carbonyl (C=O) groups excluding carboxylic acids is 1. The second kappa shape index (κ2) is 7.30. The molecule has 0 saturated carbocycles. The van der Waals surface area contributed by atoms with Gasteiger partial charge in [-0.15, -0.1) is 11.6 Å². The van der Waals surface area contributed by atoms with Gasteiger partial charge in [-0.3, -0.25) is 4.79 Å². The Balaban J connectivity index is 2.10. The molecule has 0 amide bonds. The fraction of sp³-hybridized carbons (Fsp3) is 0.417. The van der Waals surface area contributed by atoms with Gasteiger partial charge < -0.3 is 4.74 Å². The summed E-state index contributed by atoms with van der Waals surface area (Å²) in [6.45, 7) is 0.477. The number of alkyl halides is 1. The minimum Gasteiger partial charge on any atom is -0.466 e. The standard InChI is InChI=1S/C12H15ClO2/c13-9-8-12(14)15-10-4-7-11-5-2-1-3-6-11/h1-3,5-6H,4,7-10H2. The van der Waals surface area contributed by atoms with Gasteiger partial charge in [0.2, 0.25) is 0 Å². The van der Waals surface area contributed by atoms with Gasteiger partial charge in [-0.25, -0.2) is 0 Å². The van der Waals surface area contributed by atoms with Crippen molar-refractivity contribution in [3.63, 3.8) is 0 Å². The van der Waals surface area contributed by atoms with Crippen molar-refractivity contribution < 1.29 is 9.53 Å². The van der Waals surface area contributed by atoms with Crippen LogP contribution in [0.15, 0.2) is 30.3 Å². The van der Waals surface area contributed by atoms with E-state index in [1.54, 1.807) is 0 Å². The van der Waals surface area contributed by atoms with Crippen LogP contribution in [0, 0.1) is 0 Å². The molecule has 0 bridgehead atoms. The maximum Gasteiger partial charge on any atom is 0.306 e. The molecule has 2 nitrogen and oxygen atoms in total. The van der Waals surface area contributed by atoms with E-state index >= 15 is 0 Å². The molecule has 0 saturated heterocycles. The maximum atomic E-state index is 10.9. The van der Waals surface area contributed by atoms with Crippen molar-refractivity contribution in [1.29, 1.82) is 0 Å². The van der Waals surface area contributed by atoms with Crippen LogP contribution in [0.25, 0.3) is 0 Å². The first-order valence-corrected chi connectivity index (χ1v) is 5.62. The predicted molar refractivity (Wildman–Crippen MR) is 61.1 cm³/mol. The molecule has 0 atom stereocenters. The van der Waals surface area contributed by atoms with E-state index in [4.69, 9.17) is 16.3 Å². The van der Waals surface area contributed by atoms with E-state index < -0.39 is 0 Å². The highest BCUT2D eigenvalue weighted by atomic mass is 35.5. The Hall–Kier alpha value is -1.02. The van der Waals surface area contributed by atoms with Crippen molar-refractivity contribution in [3.05, 3.63) is 35.9 Å². The summed E-state index contributed by atoms with van der Waals surface area (Å²) in [6.07, 6.45) is 2.10. The van der Waals surface area contributed by atoms with Crippen molar-refractivity contribution in [2.45, 2.75) is 19.3 Å². The van der Waals surface area contributed by atoms with E-state index in [0.717, 1.165) is 12.8 Å². The molecule has 82 valence electrons. The van der Waals surface area contributed by atoms with E-state index in [1.165, 1.54) is 5.56 Å². The molecule has 0 heterocycles. The molecule has 0 aliphatic carbocycles. The molecule has 0 radical (unpaired) electrons. The fourth-order valence-electron chi connectivity index (χ4n) is 1.26. The number of rotatable bonds is 6. The Morgan fingerprint density at radius 1 is 1.27 bits per heavy atom. The Labute approximate surface area is 95.2 Å². The molecule has 0 aliphatic heterocycles. The molecule has 0 aromatic heterocycles. The molecule has 0 aliphatic rings. The zero-order valence-corrected chi connectivity index (χ0v) is 9.37. The van der Waals surface area contributed by atoms with E-state index in [-0.39, 0.29) is 5.97 Å². The third-order valence-corrected chi connectivity index (χ3v) is 2.20. The minimum absolute atomic E-state index is 0.210. The highest BCUT2D eigenvalue weighted by molar-refractivity contribution is 6.18. The molecular formula is C12H15ClO2. The summed E-state index contributed by atoms with van der Waals surface area (Å²) in [5.41, 5.74) is 1.27. The summed E-state index contributed by atoms with van der Waals surface area (Å²) >= 11 is 5.40. The number of hydrogen-bond acceptors (Lipinski definition) is 2. The number of halogens is 1. The van der Waals surface area contributed by atoms with Crippen LogP contribution < -0.4 is 0 Å². The van der Waals surface area contributed by atoms with Crippen molar-refractivity contribution >= 4 is 17.6 Å². The zero-order chi connectivity index (χ0) is 10.9. The van der Waals surface area contributed by atoms with Crippen LogP contribution in [0.1, 0.15) is 18.4 Å². The van der Waals surface area contributed by atoms with E-state index in [2.05, 4.69) is 12.1 Å². The SMILES string of the molecule is O=C(CCCl)OCCCc1ccccc1. The van der Waals surface area contributed by atoms with Crippen LogP contribution in [0.3, 0.4) is 0 Å². The molecule has 0 spiro atoms. The third kappa shape index (κ3) is 5.43. The predicted octanol–water partition coefficient (Wildman–Crippen LogP) is 2.79. The van der Waals surface area contributed by atoms with Crippen LogP contribution >= 0.6 is 11.6 Å². The number of ether oxygens (including phenoxy) is 1. The van der Waals surface area contributed by atoms with Gasteiger partial charge in [0.15, 0.2) is 0 Å². The number of aryl methyl sites for hydroxylation is 1. The van der Waals surface area contributed by atoms with Crippen molar-refractivity contribution in [2.24, 2.45) is 0 Å². The van der Waals surface area contributed by atoms with Crippen LogP contribution in [0.5, 0.6) is 0 Å². The van der Waals surface area contributed by atoms with Gasteiger partial charge in [-0.2, -0.15) is 0 Å². The summed E-state index contributed by atoms with van der Waals surface area (Å²) in [6, 6.07) is 10.1. The Bertz CT molecular complexity index is 285. The largest absolute Gasteiger partial charge is 0.466 e. The topological polar surface area (TPSA) is 26.3 Å². The monoisotopic (exact) mass is 226 g/mol. The zero-order valence-electron chi connectivity index (χ0n) is 8.62. The summed E-state index contributed by atoms with van der Waals surface area (Å²) in [5, 5.41) is 0. The molecular weight excluding hydrogens is 212 g/mol. The quantitative estimate of drug-likeness (QED) is 0.424. The van der Waals surface area contributed by atoms with Crippen molar-refractivity contribution in [2.75, 3.05) is 12.5 Å². The molecule has 3 heteroatoms. The highest BCUT2D eigenvalue weighted by Crippen LogP contribution is 2.02. The first-order chi connectivity index (χ1) is 7.33. The first-order valence-electron chi connectivity index (χ1n) is 5.08. The molecule has 1 aromatic carbocycles. The highest BCUT2D eigenvalue weighted by Gasteiger charge is 2.00. The maximum absolute atomic E-state index is 10.9. The van der Waals surface area contributed by atoms with Crippen LogP contribution in [-0.4, -0.2) is 18.5 Å². The summed E-state index contributed by atoms with van der Waals surface area (Å²) in [4.78, 5) is 10.9. The van der Waals surface area contributed by atoms with E-state index in [0.29, 0.717) is 18.9 Å². The lowest BCUT2D eigenvalue weighted by molar-refractivity contribution is -0.143. The number of benzene rings is 1. The Morgan fingerprint density at radius 2 is 2.00 bits per heavy atom. The van der Waals surface area contributed by atoms with Crippen molar-refractivity contribution in [3.8, 4) is 0 Å². The summed E-state index contributed by atoms with van der Waals surface area (Å²) in [7, 11) is 0. The van der Waals surface area contributed by atoms with Crippen LogP contribution in [-0.2, 0) is 16.0 Å². The average molecular weight is 227 g/mol. The minimum atomic E-state index is -0.210. The third-order valence-electron chi connectivity index (χ3n) is 2.01. The number of esters is 1. The van der Waals surface area contributed by atoms with Crippen LogP contribution in [0.4, 0.5) is 0 Å². The van der Waals surface area contributed by atoms with Gasteiger partial charge in [0.25, 0.3) is 0 Å². The average Bonchev–Trinajstić information content (AvgIpc) is 2.26. The van der Waals surface area contributed by atoms with Gasteiger partial charge >= 0.3 is 5.97 Å². The second-order valence-corrected chi connectivity index (χ2v) is 3.63. The molecule has 0 N–H and O–H groups in total. The van der Waals surface area contributed by atoms with Gasteiger partial charge in [0.05, 0.1) is 13.0 Å². The van der Waals surface area contributed by atoms with Crippen LogP contribution in [0.2, 0.25) is 0 Å². The molecule has 0 unspecified atom stereocenters. The van der Waals surface area contributed by atoms with Crippen molar-refractivity contribution in [1.82, 2.24) is 0 Å². The van der Waals surface area contributed by atoms with Gasteiger partial charge in [-0.1, -0.05) is 30.3 Å². The Kier molecular flexibility index (Phi) is 5.86. The molecule has 0 fully saturated rings. The summed E-state index contributed by atoms with van der Waals surface area (Å²) in [5.74, 6) is 0.121. The molecule has 15 heavy (non-hydrogen) atoms. The van der Waals surface area contributed by atoms with Gasteiger partial charge in [-0.05, 0) is 18.4 Å². The fourth-order valence-corrected chi connectivity index (χ4v) is 1.41. The number of carbonyl (C=O) groups is 1. The van der Waals surface area contributed by atoms with Gasteiger partial charge in [0.1, 0.15) is 0 Å². The lowest BCUT2D eigenvalue weighted by atomic mass is 10.1. The van der Waals surface area contributed by atoms with E-state index in [9.17, 15) is 4.79 Å². The molecule has 1 aromatic rings. The first kappa shape index (κ1) is 12.1. The lowest BCUT2D eigenvalue weighted by Crippen LogP contribution is -2.06. The lowest BCUT2D eigenvalue weighted by Gasteiger charge is -2.03. The Morgan fingerprint density at radius 3 is 2.67 bits per heavy atom. The van der Waals surface area contributed by atoms with E-state index in [1.807, 2.05) is 18.2 Å². The second-order valence-electron chi connectivity index (χ2n) is 3.25. The number of hydrogen-bond donors (Lipinski definition) is 0. The smallest absolute Gasteiger partial charge is 0.306 e. The van der Waals surface area contributed by atoms with Gasteiger partial charge in [0, 0.05) is 5.88 Å². The normalized spacial score (nSPS) is 9.93. The molecule has 1 rings (SSSR count). The summed E-state index contributed by atoms with van der Waals surface area (Å²) < 4.78 is 4.98.